The minimum Gasteiger partial charge on any atom is -0.481 e. The highest BCUT2D eigenvalue weighted by atomic mass is 35.5. The van der Waals surface area contributed by atoms with Gasteiger partial charge in [-0.2, -0.15) is 13.2 Å². The number of halogens is 4. The summed E-state index contributed by atoms with van der Waals surface area (Å²) in [6.45, 7) is -1.01. The summed E-state index contributed by atoms with van der Waals surface area (Å²) in [6, 6.07) is 6.79. The quantitative estimate of drug-likeness (QED) is 0.853. The third-order valence-corrected chi connectivity index (χ3v) is 5.86. The van der Waals surface area contributed by atoms with Crippen LogP contribution in [-0.4, -0.2) is 41.1 Å². The molecule has 8 heteroatoms. The number of carboxylic acids is 1. The van der Waals surface area contributed by atoms with Crippen LogP contribution in [0, 0.1) is 11.8 Å². The average molecular weight is 390 g/mol. The fraction of sp³-hybridized carbons (Fsp3) is 0.556. The molecule has 0 bridgehead atoms. The lowest BCUT2D eigenvalue weighted by Gasteiger charge is -2.33. The molecule has 1 heterocycles. The first-order valence-electron chi connectivity index (χ1n) is 8.50. The summed E-state index contributed by atoms with van der Waals surface area (Å²) in [7, 11) is 0. The van der Waals surface area contributed by atoms with Crippen LogP contribution in [0.1, 0.15) is 31.2 Å². The molecule has 1 amide bonds. The summed E-state index contributed by atoms with van der Waals surface area (Å²) in [6.07, 6.45) is -1.97. The Morgan fingerprint density at radius 2 is 1.69 bits per heavy atom. The van der Waals surface area contributed by atoms with Gasteiger partial charge in [-0.25, -0.2) is 0 Å². The van der Waals surface area contributed by atoms with Gasteiger partial charge in [-0.1, -0.05) is 36.6 Å². The number of nitrogens with zero attached hydrogens (tertiary/aromatic N) is 1. The van der Waals surface area contributed by atoms with Gasteiger partial charge >= 0.3 is 12.1 Å². The van der Waals surface area contributed by atoms with Crippen molar-refractivity contribution in [1.29, 1.82) is 0 Å². The Hall–Kier alpha value is -1.76. The van der Waals surface area contributed by atoms with Gasteiger partial charge < -0.3 is 10.0 Å². The van der Waals surface area contributed by atoms with Gasteiger partial charge in [-0.3, -0.25) is 9.59 Å². The Kier molecular flexibility index (Phi) is 4.94. The van der Waals surface area contributed by atoms with Crippen molar-refractivity contribution < 1.29 is 27.9 Å². The molecule has 4 nitrogen and oxygen atoms in total. The normalized spacial score (nSPS) is 25.5. The van der Waals surface area contributed by atoms with Crippen LogP contribution < -0.4 is 0 Å². The molecule has 1 N–H and O–H groups in total. The number of hydrogen-bond acceptors (Lipinski definition) is 2. The van der Waals surface area contributed by atoms with Crippen molar-refractivity contribution in [2.24, 2.45) is 11.8 Å². The lowest BCUT2D eigenvalue weighted by atomic mass is 9.77. The average Bonchev–Trinajstić information content (AvgIpc) is 3.22. The van der Waals surface area contributed by atoms with Crippen molar-refractivity contribution >= 4 is 23.5 Å². The zero-order valence-electron chi connectivity index (χ0n) is 13.9. The Labute approximate surface area is 153 Å². The molecule has 1 saturated carbocycles. The predicted octanol–water partition coefficient (Wildman–Crippen LogP) is 3.87. The number of likely N-dealkylation sites (tertiary alicyclic amines) is 1. The molecule has 0 unspecified atom stereocenters. The summed E-state index contributed by atoms with van der Waals surface area (Å²) in [5.41, 5.74) is -0.166. The topological polar surface area (TPSA) is 57.6 Å². The van der Waals surface area contributed by atoms with Gasteiger partial charge in [0.15, 0.2) is 0 Å². The molecule has 1 aliphatic heterocycles. The molecule has 26 heavy (non-hydrogen) atoms. The summed E-state index contributed by atoms with van der Waals surface area (Å²) < 4.78 is 39.7. The van der Waals surface area contributed by atoms with E-state index >= 15 is 0 Å². The van der Waals surface area contributed by atoms with Crippen molar-refractivity contribution in [2.75, 3.05) is 13.1 Å². The molecule has 142 valence electrons. The second-order valence-corrected chi connectivity index (χ2v) is 7.54. The van der Waals surface area contributed by atoms with Gasteiger partial charge in [0.1, 0.15) is 0 Å². The largest absolute Gasteiger partial charge is 0.481 e. The Morgan fingerprint density at radius 3 is 2.15 bits per heavy atom. The maximum atomic E-state index is 13.2. The lowest BCUT2D eigenvalue weighted by Crippen LogP contribution is -2.45. The van der Waals surface area contributed by atoms with Crippen molar-refractivity contribution in [3.63, 3.8) is 0 Å². The van der Waals surface area contributed by atoms with Crippen molar-refractivity contribution in [3.8, 4) is 0 Å². The van der Waals surface area contributed by atoms with E-state index in [1.54, 1.807) is 24.3 Å². The Bertz CT molecular complexity index is 699. The first-order chi connectivity index (χ1) is 12.1. The van der Waals surface area contributed by atoms with Crippen LogP contribution in [0.4, 0.5) is 13.2 Å². The van der Waals surface area contributed by atoms with Crippen molar-refractivity contribution in [2.45, 2.75) is 37.3 Å². The van der Waals surface area contributed by atoms with Crippen molar-refractivity contribution in [3.05, 3.63) is 34.9 Å². The summed E-state index contributed by atoms with van der Waals surface area (Å²) >= 11 is 5.91. The molecule has 0 spiro atoms. The summed E-state index contributed by atoms with van der Waals surface area (Å²) in [5.74, 6) is -5.58. The van der Waals surface area contributed by atoms with Crippen LogP contribution in [0.15, 0.2) is 24.3 Å². The minimum absolute atomic E-state index is 0.407. The molecule has 3 rings (SSSR count). The zero-order valence-corrected chi connectivity index (χ0v) is 14.7. The number of hydrogen-bond donors (Lipinski definition) is 1. The van der Waals surface area contributed by atoms with E-state index in [9.17, 15) is 27.9 Å². The highest BCUT2D eigenvalue weighted by Gasteiger charge is 2.56. The van der Waals surface area contributed by atoms with E-state index in [0.29, 0.717) is 17.9 Å². The third kappa shape index (κ3) is 3.29. The second-order valence-electron chi connectivity index (χ2n) is 7.10. The zero-order chi connectivity index (χ0) is 19.1. The van der Waals surface area contributed by atoms with Crippen molar-refractivity contribution in [1.82, 2.24) is 4.90 Å². The highest BCUT2D eigenvalue weighted by Crippen LogP contribution is 2.45. The SMILES string of the molecule is O=C(O)[C@@H]1CN(C(=O)C2(c3ccc(Cl)cc3)CCCC2)C[C@H]1C(F)(F)F. The highest BCUT2D eigenvalue weighted by molar-refractivity contribution is 6.30. The number of rotatable bonds is 3. The third-order valence-electron chi connectivity index (χ3n) is 5.61. The number of carboxylic acid groups (broad SMARTS) is 1. The molecule has 1 aromatic rings. The maximum absolute atomic E-state index is 13.2. The van der Waals surface area contributed by atoms with Gasteiger partial charge in [0.2, 0.25) is 5.91 Å². The van der Waals surface area contributed by atoms with Crippen LogP contribution in [0.2, 0.25) is 5.02 Å². The van der Waals surface area contributed by atoms with Crippen LogP contribution in [0.3, 0.4) is 0 Å². The Balaban J connectivity index is 1.91. The second kappa shape index (κ2) is 6.76. The van der Waals surface area contributed by atoms with Crippen LogP contribution >= 0.6 is 11.6 Å². The van der Waals surface area contributed by atoms with Gasteiger partial charge in [-0.15, -0.1) is 0 Å². The van der Waals surface area contributed by atoms with Gasteiger partial charge in [0.25, 0.3) is 0 Å². The first kappa shape index (κ1) is 19.0. The fourth-order valence-corrected chi connectivity index (χ4v) is 4.35. The fourth-order valence-electron chi connectivity index (χ4n) is 4.23. The monoisotopic (exact) mass is 389 g/mol. The van der Waals surface area contributed by atoms with Crippen LogP contribution in [0.5, 0.6) is 0 Å². The first-order valence-corrected chi connectivity index (χ1v) is 8.88. The minimum atomic E-state index is -4.65. The van der Waals surface area contributed by atoms with Crippen LogP contribution in [0.25, 0.3) is 0 Å². The number of carbonyl (C=O) groups is 2. The van der Waals surface area contributed by atoms with E-state index in [4.69, 9.17) is 11.6 Å². The molecule has 1 aliphatic carbocycles. The molecule has 2 atom stereocenters. The van der Waals surface area contributed by atoms with E-state index < -0.39 is 48.4 Å². The van der Waals surface area contributed by atoms with E-state index in [1.807, 2.05) is 0 Å². The molecular weight excluding hydrogens is 371 g/mol. The lowest BCUT2D eigenvalue weighted by molar-refractivity contribution is -0.188. The van der Waals surface area contributed by atoms with Crippen LogP contribution in [-0.2, 0) is 15.0 Å². The van der Waals surface area contributed by atoms with Gasteiger partial charge in [-0.05, 0) is 30.5 Å². The number of benzene rings is 1. The number of aliphatic carboxylic acids is 1. The standard InChI is InChI=1S/C18H19ClF3NO3/c19-12-5-3-11(4-6-12)17(7-1-2-8-17)16(26)23-9-13(15(24)25)14(10-23)18(20,21)22/h3-6,13-14H,1-2,7-10H2,(H,24,25)/t13-,14-/m1/s1. The predicted molar refractivity (Wildman–Crippen MR) is 88.8 cm³/mol. The molecule has 0 radical (unpaired) electrons. The summed E-state index contributed by atoms with van der Waals surface area (Å²) in [5, 5.41) is 9.68. The van der Waals surface area contributed by atoms with E-state index in [1.165, 1.54) is 0 Å². The smallest absolute Gasteiger partial charge is 0.394 e. The van der Waals surface area contributed by atoms with E-state index in [-0.39, 0.29) is 0 Å². The molecule has 1 aromatic carbocycles. The molecule has 1 saturated heterocycles. The molecule has 2 aliphatic rings. The maximum Gasteiger partial charge on any atom is 0.394 e. The number of carbonyl (C=O) groups excluding carboxylic acids is 1. The summed E-state index contributed by atoms with van der Waals surface area (Å²) in [4.78, 5) is 25.6. The van der Waals surface area contributed by atoms with E-state index in [2.05, 4.69) is 0 Å². The molecule has 0 aromatic heterocycles. The van der Waals surface area contributed by atoms with Gasteiger partial charge in [0, 0.05) is 18.1 Å². The molecule has 2 fully saturated rings. The number of alkyl halides is 3. The molecular formula is C18H19ClF3NO3. The van der Waals surface area contributed by atoms with E-state index in [0.717, 1.165) is 23.3 Å². The van der Waals surface area contributed by atoms with Gasteiger partial charge in [0.05, 0.1) is 17.3 Å². The Morgan fingerprint density at radius 1 is 1.12 bits per heavy atom. The number of amides is 1.